The van der Waals surface area contributed by atoms with Gasteiger partial charge in [-0.3, -0.25) is 0 Å². The molecule has 112 valence electrons. The molecule has 0 amide bonds. The smallest absolute Gasteiger partial charge is 0.0857 e. The third-order valence-corrected chi connectivity index (χ3v) is 2.88. The van der Waals surface area contributed by atoms with Crippen LogP contribution in [0.25, 0.3) is 12.2 Å². The molecule has 1 aromatic rings. The van der Waals surface area contributed by atoms with Gasteiger partial charge in [0.25, 0.3) is 0 Å². The van der Waals surface area contributed by atoms with Crippen LogP contribution in [-0.4, -0.2) is 0 Å². The van der Waals surface area contributed by atoms with E-state index in [2.05, 4.69) is 23.4 Å². The molecular formula is C20H22N2. The van der Waals surface area contributed by atoms with Crippen molar-refractivity contribution in [1.29, 1.82) is 0 Å². The molecule has 0 aromatic heterocycles. The lowest BCUT2D eigenvalue weighted by atomic mass is 10.1. The molecule has 0 aliphatic heterocycles. The predicted octanol–water partition coefficient (Wildman–Crippen LogP) is 6.34. The van der Waals surface area contributed by atoms with Crippen LogP contribution in [0.15, 0.2) is 95.5 Å². The van der Waals surface area contributed by atoms with E-state index in [0.29, 0.717) is 5.70 Å². The number of azo groups is 1. The van der Waals surface area contributed by atoms with Crippen molar-refractivity contribution in [2.24, 2.45) is 10.2 Å². The van der Waals surface area contributed by atoms with Crippen molar-refractivity contribution in [2.45, 2.75) is 13.8 Å². The maximum absolute atomic E-state index is 4.25. The van der Waals surface area contributed by atoms with Crippen molar-refractivity contribution >= 4 is 12.2 Å². The summed E-state index contributed by atoms with van der Waals surface area (Å²) < 4.78 is 0. The first-order valence-electron chi connectivity index (χ1n) is 7.18. The van der Waals surface area contributed by atoms with E-state index < -0.39 is 0 Å². The summed E-state index contributed by atoms with van der Waals surface area (Å²) in [5.74, 6) is 0. The fraction of sp³-hybridized carbons (Fsp3) is 0.100. The van der Waals surface area contributed by atoms with Crippen LogP contribution in [0.4, 0.5) is 0 Å². The lowest BCUT2D eigenvalue weighted by molar-refractivity contribution is 1.12. The van der Waals surface area contributed by atoms with Crippen molar-refractivity contribution < 1.29 is 0 Å². The maximum atomic E-state index is 4.25. The largest absolute Gasteiger partial charge is 0.151 e. The highest BCUT2D eigenvalue weighted by atomic mass is 15.1. The fourth-order valence-electron chi connectivity index (χ4n) is 1.68. The molecule has 2 nitrogen and oxygen atoms in total. The average Bonchev–Trinajstić information content (AvgIpc) is 2.57. The Labute approximate surface area is 133 Å². The van der Waals surface area contributed by atoms with Crippen molar-refractivity contribution in [2.75, 3.05) is 0 Å². The van der Waals surface area contributed by atoms with Crippen LogP contribution in [0, 0.1) is 0 Å². The Morgan fingerprint density at radius 1 is 0.955 bits per heavy atom. The summed E-state index contributed by atoms with van der Waals surface area (Å²) in [5.41, 5.74) is 3.59. The summed E-state index contributed by atoms with van der Waals surface area (Å²) in [4.78, 5) is 0. The lowest BCUT2D eigenvalue weighted by Gasteiger charge is -2.00. The second-order valence-corrected chi connectivity index (χ2v) is 4.40. The van der Waals surface area contributed by atoms with Crippen molar-refractivity contribution in [3.05, 3.63) is 96.4 Å². The van der Waals surface area contributed by atoms with Gasteiger partial charge in [0, 0.05) is 0 Å². The third kappa shape index (κ3) is 5.71. The Morgan fingerprint density at radius 2 is 1.64 bits per heavy atom. The van der Waals surface area contributed by atoms with Gasteiger partial charge in [-0.2, -0.15) is 10.2 Å². The first-order valence-corrected chi connectivity index (χ1v) is 7.18. The van der Waals surface area contributed by atoms with Crippen LogP contribution in [0.1, 0.15) is 25.0 Å². The zero-order valence-electron chi connectivity index (χ0n) is 13.2. The van der Waals surface area contributed by atoms with Crippen LogP contribution in [-0.2, 0) is 0 Å². The van der Waals surface area contributed by atoms with Crippen LogP contribution in [0.2, 0.25) is 0 Å². The monoisotopic (exact) mass is 290 g/mol. The standard InChI is InChI=1S/C20H22N2/c1-5-9-10-15-19(7-3)21-22-20(8-4)16-18-14-12-11-13-17(18)6-2/h5-16H,2,4H2,1,3H3/b9-5-,15-10-,19-7+,20-16+,22-21?. The Balaban J connectivity index is 3.01. The molecule has 0 atom stereocenters. The summed E-state index contributed by atoms with van der Waals surface area (Å²) >= 11 is 0. The minimum absolute atomic E-state index is 0.702. The zero-order valence-corrected chi connectivity index (χ0v) is 13.2. The second kappa shape index (κ2) is 10.1. The van der Waals surface area contributed by atoms with Gasteiger partial charge in [-0.05, 0) is 43.2 Å². The first-order chi connectivity index (χ1) is 10.7. The van der Waals surface area contributed by atoms with E-state index in [-0.39, 0.29) is 0 Å². The molecule has 0 aliphatic rings. The van der Waals surface area contributed by atoms with E-state index in [1.54, 1.807) is 6.08 Å². The van der Waals surface area contributed by atoms with Gasteiger partial charge in [-0.15, -0.1) is 0 Å². The summed E-state index contributed by atoms with van der Waals surface area (Å²) in [6, 6.07) is 7.98. The molecule has 0 heterocycles. The van der Waals surface area contributed by atoms with Gasteiger partial charge < -0.3 is 0 Å². The molecule has 0 bridgehead atoms. The van der Waals surface area contributed by atoms with Crippen LogP contribution in [0.5, 0.6) is 0 Å². The molecule has 0 saturated carbocycles. The molecule has 0 saturated heterocycles. The van der Waals surface area contributed by atoms with Crippen LogP contribution < -0.4 is 0 Å². The molecule has 0 aliphatic carbocycles. The predicted molar refractivity (Wildman–Crippen MR) is 97.3 cm³/mol. The molecule has 0 fully saturated rings. The van der Waals surface area contributed by atoms with E-state index in [1.807, 2.05) is 80.6 Å². The molecule has 1 rings (SSSR count). The van der Waals surface area contributed by atoms with E-state index in [9.17, 15) is 0 Å². The highest BCUT2D eigenvalue weighted by Crippen LogP contribution is 2.16. The summed E-state index contributed by atoms with van der Waals surface area (Å²) in [6.45, 7) is 11.5. The molecular weight excluding hydrogens is 268 g/mol. The van der Waals surface area contributed by atoms with Gasteiger partial charge in [0.2, 0.25) is 0 Å². The number of hydrogen-bond donors (Lipinski definition) is 0. The molecule has 2 heteroatoms. The Kier molecular flexibility index (Phi) is 7.91. The molecule has 0 unspecified atom stereocenters. The minimum atomic E-state index is 0.702. The highest BCUT2D eigenvalue weighted by Gasteiger charge is 1.96. The summed E-state index contributed by atoms with van der Waals surface area (Å²) in [5, 5.41) is 8.49. The van der Waals surface area contributed by atoms with Gasteiger partial charge in [0.05, 0.1) is 11.4 Å². The van der Waals surface area contributed by atoms with E-state index in [1.165, 1.54) is 0 Å². The minimum Gasteiger partial charge on any atom is -0.151 e. The number of nitrogens with zero attached hydrogens (tertiary/aromatic N) is 2. The molecule has 1 aromatic carbocycles. The Bertz CT molecular complexity index is 656. The zero-order chi connectivity index (χ0) is 16.2. The van der Waals surface area contributed by atoms with Crippen LogP contribution >= 0.6 is 0 Å². The lowest BCUT2D eigenvalue weighted by Crippen LogP contribution is -1.81. The van der Waals surface area contributed by atoms with Gasteiger partial charge in [0.15, 0.2) is 0 Å². The van der Waals surface area contributed by atoms with Gasteiger partial charge in [-0.25, -0.2) is 0 Å². The third-order valence-electron chi connectivity index (χ3n) is 2.88. The number of allylic oxidation sites excluding steroid dienone is 6. The summed E-state index contributed by atoms with van der Waals surface area (Å²) in [7, 11) is 0. The van der Waals surface area contributed by atoms with Crippen LogP contribution in [0.3, 0.4) is 0 Å². The molecule has 0 radical (unpaired) electrons. The number of hydrogen-bond acceptors (Lipinski definition) is 2. The Morgan fingerprint density at radius 3 is 2.23 bits per heavy atom. The van der Waals surface area contributed by atoms with Gasteiger partial charge >= 0.3 is 0 Å². The fourth-order valence-corrected chi connectivity index (χ4v) is 1.68. The van der Waals surface area contributed by atoms with Crippen molar-refractivity contribution in [3.63, 3.8) is 0 Å². The Hall–Kier alpha value is -2.74. The average molecular weight is 290 g/mol. The second-order valence-electron chi connectivity index (χ2n) is 4.40. The maximum Gasteiger partial charge on any atom is 0.0857 e. The van der Waals surface area contributed by atoms with Crippen molar-refractivity contribution in [1.82, 2.24) is 0 Å². The SMILES string of the molecule is C=C/C(=C\c1ccccc1C=C)N=NC(/C=C\C=C/C)=C/C. The number of rotatable bonds is 7. The van der Waals surface area contributed by atoms with Gasteiger partial charge in [-0.1, -0.05) is 67.8 Å². The molecule has 22 heavy (non-hydrogen) atoms. The van der Waals surface area contributed by atoms with E-state index in [0.717, 1.165) is 16.8 Å². The van der Waals surface area contributed by atoms with Crippen molar-refractivity contribution in [3.8, 4) is 0 Å². The van der Waals surface area contributed by atoms with E-state index >= 15 is 0 Å². The molecule has 0 spiro atoms. The topological polar surface area (TPSA) is 24.7 Å². The van der Waals surface area contributed by atoms with E-state index in [4.69, 9.17) is 0 Å². The highest BCUT2D eigenvalue weighted by molar-refractivity contribution is 5.66. The molecule has 0 N–H and O–H groups in total. The number of benzene rings is 1. The van der Waals surface area contributed by atoms with Gasteiger partial charge in [0.1, 0.15) is 0 Å². The first kappa shape index (κ1) is 17.3. The summed E-state index contributed by atoms with van der Waals surface area (Å²) in [6.07, 6.45) is 15.1. The quantitative estimate of drug-likeness (QED) is 0.413. The normalized spacial score (nSPS) is 13.4.